The summed E-state index contributed by atoms with van der Waals surface area (Å²) in [5, 5.41) is 8.93. The van der Waals surface area contributed by atoms with Crippen molar-refractivity contribution < 1.29 is 4.79 Å². The fraction of sp³-hybridized carbons (Fsp3) is 0.429. The molecule has 1 aliphatic rings. The Morgan fingerprint density at radius 3 is 2.82 bits per heavy atom. The maximum Gasteiger partial charge on any atom is 0.161 e. The van der Waals surface area contributed by atoms with Crippen molar-refractivity contribution >= 4 is 11.5 Å². The van der Waals surface area contributed by atoms with Crippen LogP contribution in [-0.4, -0.2) is 18.9 Å². The molecule has 1 saturated heterocycles. The Kier molecular flexibility index (Phi) is 3.14. The van der Waals surface area contributed by atoms with Gasteiger partial charge in [0.25, 0.3) is 0 Å². The Morgan fingerprint density at radius 1 is 1.53 bits per heavy atom. The molecule has 1 unspecified atom stereocenters. The summed E-state index contributed by atoms with van der Waals surface area (Å²) >= 11 is 0. The van der Waals surface area contributed by atoms with Crippen LogP contribution in [0.1, 0.15) is 36.2 Å². The second-order valence-corrected chi connectivity index (χ2v) is 4.74. The van der Waals surface area contributed by atoms with Crippen LogP contribution < -0.4 is 4.90 Å². The standard InChI is InChI=1S/C14H16N2O/c1-10-5-6-16(9-10)14-7-12(8-15)3-4-13(14)11(2)17/h3-4,7,10H,5-6,9H2,1-2H3. The van der Waals surface area contributed by atoms with E-state index in [0.717, 1.165) is 30.8 Å². The van der Waals surface area contributed by atoms with Crippen molar-refractivity contribution in [2.24, 2.45) is 5.92 Å². The summed E-state index contributed by atoms with van der Waals surface area (Å²) in [7, 11) is 0. The third-order valence-corrected chi connectivity index (χ3v) is 3.27. The second kappa shape index (κ2) is 4.58. The van der Waals surface area contributed by atoms with Gasteiger partial charge < -0.3 is 4.90 Å². The average Bonchev–Trinajstić information content (AvgIpc) is 2.75. The highest BCUT2D eigenvalue weighted by Gasteiger charge is 2.22. The van der Waals surface area contributed by atoms with Crippen molar-refractivity contribution in [3.8, 4) is 6.07 Å². The van der Waals surface area contributed by atoms with E-state index in [1.165, 1.54) is 0 Å². The van der Waals surface area contributed by atoms with Crippen molar-refractivity contribution in [3.63, 3.8) is 0 Å². The predicted molar refractivity (Wildman–Crippen MR) is 67.2 cm³/mol. The van der Waals surface area contributed by atoms with Crippen LogP contribution in [0.2, 0.25) is 0 Å². The molecule has 1 aliphatic heterocycles. The molecular formula is C14H16N2O. The molecule has 1 atom stereocenters. The van der Waals surface area contributed by atoms with Crippen LogP contribution in [0.25, 0.3) is 0 Å². The lowest BCUT2D eigenvalue weighted by Crippen LogP contribution is -2.21. The van der Waals surface area contributed by atoms with E-state index in [4.69, 9.17) is 5.26 Å². The van der Waals surface area contributed by atoms with Gasteiger partial charge >= 0.3 is 0 Å². The summed E-state index contributed by atoms with van der Waals surface area (Å²) < 4.78 is 0. The van der Waals surface area contributed by atoms with Crippen LogP contribution in [0.3, 0.4) is 0 Å². The normalized spacial score (nSPS) is 19.1. The molecule has 3 nitrogen and oxygen atoms in total. The molecule has 17 heavy (non-hydrogen) atoms. The lowest BCUT2D eigenvalue weighted by Gasteiger charge is -2.21. The van der Waals surface area contributed by atoms with Crippen LogP contribution >= 0.6 is 0 Å². The summed E-state index contributed by atoms with van der Waals surface area (Å²) in [6.45, 7) is 5.72. The van der Waals surface area contributed by atoms with Crippen LogP contribution in [0.15, 0.2) is 18.2 Å². The number of carbonyl (C=O) groups is 1. The zero-order valence-electron chi connectivity index (χ0n) is 10.2. The van der Waals surface area contributed by atoms with Crippen molar-refractivity contribution in [3.05, 3.63) is 29.3 Å². The third kappa shape index (κ3) is 2.31. The molecular weight excluding hydrogens is 212 g/mol. The molecule has 1 aromatic carbocycles. The van der Waals surface area contributed by atoms with E-state index < -0.39 is 0 Å². The third-order valence-electron chi connectivity index (χ3n) is 3.27. The van der Waals surface area contributed by atoms with Gasteiger partial charge in [0, 0.05) is 24.3 Å². The molecule has 0 bridgehead atoms. The van der Waals surface area contributed by atoms with Gasteiger partial charge in [-0.3, -0.25) is 4.79 Å². The van der Waals surface area contributed by atoms with Gasteiger partial charge in [-0.15, -0.1) is 0 Å². The highest BCUT2D eigenvalue weighted by atomic mass is 16.1. The lowest BCUT2D eigenvalue weighted by atomic mass is 10.1. The largest absolute Gasteiger partial charge is 0.371 e. The topological polar surface area (TPSA) is 44.1 Å². The van der Waals surface area contributed by atoms with Crippen molar-refractivity contribution in [2.45, 2.75) is 20.3 Å². The first-order valence-corrected chi connectivity index (χ1v) is 5.92. The van der Waals surface area contributed by atoms with Crippen molar-refractivity contribution in [1.82, 2.24) is 0 Å². The first kappa shape index (κ1) is 11.7. The average molecular weight is 228 g/mol. The molecule has 2 rings (SSSR count). The Labute approximate surface area is 102 Å². The number of hydrogen-bond donors (Lipinski definition) is 0. The summed E-state index contributed by atoms with van der Waals surface area (Å²) in [5.74, 6) is 0.713. The Morgan fingerprint density at radius 2 is 2.29 bits per heavy atom. The maximum absolute atomic E-state index is 11.6. The summed E-state index contributed by atoms with van der Waals surface area (Å²) in [4.78, 5) is 13.8. The number of anilines is 1. The SMILES string of the molecule is CC(=O)c1ccc(C#N)cc1N1CCC(C)C1. The van der Waals surface area contributed by atoms with Crippen LogP contribution in [0.5, 0.6) is 0 Å². The van der Waals surface area contributed by atoms with Gasteiger partial charge in [-0.2, -0.15) is 5.26 Å². The number of hydrogen-bond acceptors (Lipinski definition) is 3. The van der Waals surface area contributed by atoms with Crippen LogP contribution in [0.4, 0.5) is 5.69 Å². The van der Waals surface area contributed by atoms with E-state index in [9.17, 15) is 4.79 Å². The predicted octanol–water partition coefficient (Wildman–Crippen LogP) is 2.61. The summed E-state index contributed by atoms with van der Waals surface area (Å²) in [6.07, 6.45) is 1.15. The number of rotatable bonds is 2. The molecule has 0 aliphatic carbocycles. The number of benzene rings is 1. The molecule has 0 N–H and O–H groups in total. The Hall–Kier alpha value is -1.82. The monoisotopic (exact) mass is 228 g/mol. The van der Waals surface area contributed by atoms with Gasteiger partial charge in [-0.25, -0.2) is 0 Å². The summed E-state index contributed by atoms with van der Waals surface area (Å²) in [6, 6.07) is 7.43. The molecule has 0 amide bonds. The Bertz CT molecular complexity index is 487. The minimum atomic E-state index is 0.0593. The Balaban J connectivity index is 2.42. The fourth-order valence-electron chi connectivity index (χ4n) is 2.31. The highest BCUT2D eigenvalue weighted by molar-refractivity contribution is 6.00. The van der Waals surface area contributed by atoms with Crippen molar-refractivity contribution in [1.29, 1.82) is 5.26 Å². The van der Waals surface area contributed by atoms with E-state index in [-0.39, 0.29) is 5.78 Å². The zero-order valence-corrected chi connectivity index (χ0v) is 10.2. The lowest BCUT2D eigenvalue weighted by molar-refractivity contribution is 0.101. The molecule has 88 valence electrons. The quantitative estimate of drug-likeness (QED) is 0.731. The number of Topliss-reactive ketones (excluding diaryl/α,β-unsaturated/α-hetero) is 1. The molecule has 0 aromatic heterocycles. The molecule has 1 fully saturated rings. The molecule has 3 heteroatoms. The van der Waals surface area contributed by atoms with Gasteiger partial charge in [0.15, 0.2) is 5.78 Å². The number of carbonyl (C=O) groups excluding carboxylic acids is 1. The van der Waals surface area contributed by atoms with E-state index in [1.54, 1.807) is 19.1 Å². The second-order valence-electron chi connectivity index (χ2n) is 4.74. The van der Waals surface area contributed by atoms with Crippen molar-refractivity contribution in [2.75, 3.05) is 18.0 Å². The van der Waals surface area contributed by atoms with E-state index >= 15 is 0 Å². The molecule has 0 saturated carbocycles. The van der Waals surface area contributed by atoms with Crippen LogP contribution in [-0.2, 0) is 0 Å². The molecule has 1 aromatic rings. The van der Waals surface area contributed by atoms with Gasteiger partial charge in [-0.05, 0) is 37.5 Å². The number of nitriles is 1. The molecule has 1 heterocycles. The fourth-order valence-corrected chi connectivity index (χ4v) is 2.31. The smallest absolute Gasteiger partial charge is 0.161 e. The highest BCUT2D eigenvalue weighted by Crippen LogP contribution is 2.28. The van der Waals surface area contributed by atoms with Crippen LogP contribution in [0, 0.1) is 17.2 Å². The van der Waals surface area contributed by atoms with Gasteiger partial charge in [-0.1, -0.05) is 6.92 Å². The molecule has 0 spiro atoms. The van der Waals surface area contributed by atoms with E-state index in [1.807, 2.05) is 6.07 Å². The summed E-state index contributed by atoms with van der Waals surface area (Å²) in [5.41, 5.74) is 2.25. The van der Waals surface area contributed by atoms with Gasteiger partial charge in [0.1, 0.15) is 0 Å². The minimum Gasteiger partial charge on any atom is -0.371 e. The maximum atomic E-state index is 11.6. The molecule has 0 radical (unpaired) electrons. The number of nitrogens with zero attached hydrogens (tertiary/aromatic N) is 2. The van der Waals surface area contributed by atoms with Gasteiger partial charge in [0.05, 0.1) is 11.6 Å². The first-order chi connectivity index (χ1) is 8.11. The van der Waals surface area contributed by atoms with Gasteiger partial charge in [0.2, 0.25) is 0 Å². The minimum absolute atomic E-state index is 0.0593. The van der Waals surface area contributed by atoms with E-state index in [2.05, 4.69) is 17.9 Å². The van der Waals surface area contributed by atoms with E-state index in [0.29, 0.717) is 11.5 Å². The first-order valence-electron chi connectivity index (χ1n) is 5.92. The number of ketones is 1. The zero-order chi connectivity index (χ0) is 12.4.